The van der Waals surface area contributed by atoms with Crippen molar-refractivity contribution in [2.45, 2.75) is 39.3 Å². The lowest BCUT2D eigenvalue weighted by Gasteiger charge is -2.27. The fraction of sp³-hybridized carbons (Fsp3) is 0.450. The Morgan fingerprint density at radius 2 is 2.07 bits per heavy atom. The maximum Gasteiger partial charge on any atom is 0.230 e. The summed E-state index contributed by atoms with van der Waals surface area (Å²) in [6, 6.07) is 7.46. The number of hydrogen-bond acceptors (Lipinski definition) is 6. The van der Waals surface area contributed by atoms with Crippen LogP contribution in [0.25, 0.3) is 11.1 Å². The first kappa shape index (κ1) is 20.4. The summed E-state index contributed by atoms with van der Waals surface area (Å²) in [6.45, 7) is 7.09. The first-order chi connectivity index (χ1) is 13.0. The average molecular weight is 406 g/mol. The van der Waals surface area contributed by atoms with Gasteiger partial charge in [0.1, 0.15) is 30.5 Å². The van der Waals surface area contributed by atoms with Crippen LogP contribution < -0.4 is 19.9 Å². The number of hydrogen-bond donors (Lipinski definition) is 2. The average Bonchev–Trinajstić information content (AvgIpc) is 2.57. The molecule has 28 heavy (non-hydrogen) atoms. The third-order valence-electron chi connectivity index (χ3n) is 4.35. The minimum absolute atomic E-state index is 0.255. The van der Waals surface area contributed by atoms with Gasteiger partial charge in [-0.25, -0.2) is 13.4 Å². The van der Waals surface area contributed by atoms with Gasteiger partial charge < -0.3 is 15.2 Å². The van der Waals surface area contributed by atoms with E-state index in [9.17, 15) is 8.42 Å². The van der Waals surface area contributed by atoms with Crippen LogP contribution in [0.5, 0.6) is 11.5 Å². The maximum atomic E-state index is 11.5. The van der Waals surface area contributed by atoms with E-state index in [2.05, 4.69) is 23.6 Å². The van der Waals surface area contributed by atoms with Crippen molar-refractivity contribution in [1.29, 1.82) is 0 Å². The van der Waals surface area contributed by atoms with Crippen LogP contribution in [0.4, 0.5) is 5.82 Å². The molecule has 8 heteroatoms. The molecule has 1 aliphatic rings. The Labute approximate surface area is 166 Å². The van der Waals surface area contributed by atoms with E-state index in [0.29, 0.717) is 24.9 Å². The quantitative estimate of drug-likeness (QED) is 0.733. The van der Waals surface area contributed by atoms with E-state index in [4.69, 9.17) is 15.2 Å². The van der Waals surface area contributed by atoms with Crippen LogP contribution in [0.15, 0.2) is 30.5 Å². The normalized spacial score (nSPS) is 15.2. The van der Waals surface area contributed by atoms with Crippen molar-refractivity contribution in [2.75, 3.05) is 17.6 Å². The number of rotatable bonds is 7. The van der Waals surface area contributed by atoms with Crippen LogP contribution in [0.2, 0.25) is 0 Å². The molecule has 0 spiro atoms. The van der Waals surface area contributed by atoms with Crippen molar-refractivity contribution in [3.63, 3.8) is 0 Å². The SMILES string of the molecule is CC(C)CC(C)(N)COc1ccc2c(c1)COc1cnc(NS(C)(=O)=O)cc1-2. The number of fused-ring (bicyclic) bond motifs is 3. The minimum Gasteiger partial charge on any atom is -0.492 e. The number of nitrogens with zero attached hydrogens (tertiary/aromatic N) is 1. The summed E-state index contributed by atoms with van der Waals surface area (Å²) in [7, 11) is -3.40. The van der Waals surface area contributed by atoms with Crippen LogP contribution in [-0.4, -0.2) is 31.8 Å². The number of nitrogens with one attached hydrogen (secondary N) is 1. The van der Waals surface area contributed by atoms with Crippen molar-refractivity contribution < 1.29 is 17.9 Å². The largest absolute Gasteiger partial charge is 0.492 e. The highest BCUT2D eigenvalue weighted by Gasteiger charge is 2.23. The second-order valence-corrected chi connectivity index (χ2v) is 9.84. The van der Waals surface area contributed by atoms with Crippen LogP contribution >= 0.6 is 0 Å². The lowest BCUT2D eigenvalue weighted by Crippen LogP contribution is -2.43. The molecule has 0 bridgehead atoms. The Balaban J connectivity index is 1.82. The number of nitrogens with two attached hydrogens (primary N) is 1. The van der Waals surface area contributed by atoms with E-state index in [0.717, 1.165) is 35.1 Å². The van der Waals surface area contributed by atoms with Crippen molar-refractivity contribution >= 4 is 15.8 Å². The second kappa shape index (κ2) is 7.60. The standard InChI is InChI=1S/C20H27N3O4S/c1-13(2)9-20(3,21)12-27-15-5-6-16-14(7-15)11-26-18-10-22-19(8-17(16)18)23-28(4,24)25/h5-8,10,13H,9,11-12,21H2,1-4H3,(H,22,23). The van der Waals surface area contributed by atoms with Crippen LogP contribution in [0, 0.1) is 5.92 Å². The van der Waals surface area contributed by atoms with E-state index in [1.165, 1.54) is 6.20 Å². The summed E-state index contributed by atoms with van der Waals surface area (Å²) in [5.74, 6) is 2.10. The van der Waals surface area contributed by atoms with Gasteiger partial charge in [-0.3, -0.25) is 4.72 Å². The van der Waals surface area contributed by atoms with Crippen LogP contribution in [-0.2, 0) is 16.6 Å². The Bertz CT molecular complexity index is 971. The van der Waals surface area contributed by atoms with Gasteiger partial charge in [0.15, 0.2) is 0 Å². The molecule has 152 valence electrons. The molecule has 0 fully saturated rings. The lowest BCUT2D eigenvalue weighted by atomic mass is 9.93. The summed E-state index contributed by atoms with van der Waals surface area (Å²) >= 11 is 0. The summed E-state index contributed by atoms with van der Waals surface area (Å²) in [4.78, 5) is 4.09. The number of sulfonamides is 1. The molecule has 1 aromatic heterocycles. The second-order valence-electron chi connectivity index (χ2n) is 8.09. The third-order valence-corrected chi connectivity index (χ3v) is 4.93. The minimum atomic E-state index is -3.40. The maximum absolute atomic E-state index is 11.5. The molecule has 2 aromatic rings. The predicted octanol–water partition coefficient (Wildman–Crippen LogP) is 3.15. The molecule has 0 saturated carbocycles. The summed E-state index contributed by atoms with van der Waals surface area (Å²) in [6.07, 6.45) is 3.49. The van der Waals surface area contributed by atoms with E-state index >= 15 is 0 Å². The van der Waals surface area contributed by atoms with E-state index in [1.54, 1.807) is 6.07 Å². The van der Waals surface area contributed by atoms with Crippen molar-refractivity contribution in [1.82, 2.24) is 4.98 Å². The molecule has 1 atom stereocenters. The molecular formula is C20H27N3O4S. The summed E-state index contributed by atoms with van der Waals surface area (Å²) in [5.41, 5.74) is 8.64. The van der Waals surface area contributed by atoms with Crippen LogP contribution in [0.1, 0.15) is 32.8 Å². The van der Waals surface area contributed by atoms with Crippen molar-refractivity contribution in [3.05, 3.63) is 36.0 Å². The fourth-order valence-corrected chi connectivity index (χ4v) is 3.94. The molecule has 1 aliphatic heterocycles. The van der Waals surface area contributed by atoms with Gasteiger partial charge >= 0.3 is 0 Å². The highest BCUT2D eigenvalue weighted by atomic mass is 32.2. The molecule has 0 aliphatic carbocycles. The molecule has 0 radical (unpaired) electrons. The van der Waals surface area contributed by atoms with Crippen molar-refractivity contribution in [3.8, 4) is 22.6 Å². The zero-order valence-electron chi connectivity index (χ0n) is 16.7. The molecular weight excluding hydrogens is 378 g/mol. The van der Waals surface area contributed by atoms with Gasteiger partial charge in [0, 0.05) is 16.7 Å². The number of aromatic nitrogens is 1. The topological polar surface area (TPSA) is 104 Å². The summed E-state index contributed by atoms with van der Waals surface area (Å²) < 4.78 is 37.0. The van der Waals surface area contributed by atoms with Gasteiger partial charge in [-0.1, -0.05) is 19.9 Å². The van der Waals surface area contributed by atoms with Gasteiger partial charge in [-0.15, -0.1) is 0 Å². The molecule has 1 unspecified atom stereocenters. The predicted molar refractivity (Wildman–Crippen MR) is 110 cm³/mol. The Morgan fingerprint density at radius 3 is 2.75 bits per heavy atom. The molecule has 3 rings (SSSR count). The van der Waals surface area contributed by atoms with Gasteiger partial charge in [0.05, 0.1) is 12.5 Å². The molecule has 2 heterocycles. The van der Waals surface area contributed by atoms with Gasteiger partial charge in [0.2, 0.25) is 10.0 Å². The smallest absolute Gasteiger partial charge is 0.230 e. The fourth-order valence-electron chi connectivity index (χ4n) is 3.45. The third kappa shape index (κ3) is 5.14. The number of ether oxygens (including phenoxy) is 2. The first-order valence-electron chi connectivity index (χ1n) is 9.18. The van der Waals surface area contributed by atoms with Gasteiger partial charge in [0.25, 0.3) is 0 Å². The monoisotopic (exact) mass is 405 g/mol. The van der Waals surface area contributed by atoms with E-state index in [-0.39, 0.29) is 5.82 Å². The zero-order chi connectivity index (χ0) is 20.5. The molecule has 3 N–H and O–H groups in total. The molecule has 1 aromatic carbocycles. The van der Waals surface area contributed by atoms with Gasteiger partial charge in [-0.05, 0) is 43.0 Å². The summed E-state index contributed by atoms with van der Waals surface area (Å²) in [5, 5.41) is 0. The van der Waals surface area contributed by atoms with Crippen molar-refractivity contribution in [2.24, 2.45) is 11.7 Å². The molecule has 7 nitrogen and oxygen atoms in total. The zero-order valence-corrected chi connectivity index (χ0v) is 17.5. The molecule has 0 saturated heterocycles. The number of anilines is 1. The van der Waals surface area contributed by atoms with Crippen LogP contribution in [0.3, 0.4) is 0 Å². The van der Waals surface area contributed by atoms with Gasteiger partial charge in [-0.2, -0.15) is 0 Å². The first-order valence-corrected chi connectivity index (χ1v) is 11.1. The Morgan fingerprint density at radius 1 is 1.32 bits per heavy atom. The number of benzene rings is 1. The van der Waals surface area contributed by atoms with E-state index < -0.39 is 15.6 Å². The highest BCUT2D eigenvalue weighted by molar-refractivity contribution is 7.92. The molecule has 0 amide bonds. The number of pyridine rings is 1. The Hall–Kier alpha value is -2.32. The lowest BCUT2D eigenvalue weighted by molar-refractivity contribution is 0.206. The van der Waals surface area contributed by atoms with E-state index in [1.807, 2.05) is 25.1 Å². The highest BCUT2D eigenvalue weighted by Crippen LogP contribution is 2.39. The Kier molecular flexibility index (Phi) is 5.54.